The van der Waals surface area contributed by atoms with E-state index in [0.29, 0.717) is 12.2 Å². The van der Waals surface area contributed by atoms with Gasteiger partial charge in [-0.05, 0) is 42.3 Å². The third kappa shape index (κ3) is 2.78. The van der Waals surface area contributed by atoms with Gasteiger partial charge in [-0.1, -0.05) is 30.2 Å². The number of benzene rings is 2. The predicted molar refractivity (Wildman–Crippen MR) is 71.1 cm³/mol. The SMILES string of the molecule is CC#Cc1ccc(-c2ccc(OC=O)cc2)cc1. The lowest BCUT2D eigenvalue weighted by Gasteiger charge is -2.03. The minimum absolute atomic E-state index is 0.424. The molecule has 0 bridgehead atoms. The summed E-state index contributed by atoms with van der Waals surface area (Å²) in [6.07, 6.45) is 0. The highest BCUT2D eigenvalue weighted by molar-refractivity contribution is 5.65. The molecule has 0 aliphatic carbocycles. The Morgan fingerprint density at radius 2 is 1.50 bits per heavy atom. The van der Waals surface area contributed by atoms with Gasteiger partial charge in [0.2, 0.25) is 0 Å². The topological polar surface area (TPSA) is 26.3 Å². The summed E-state index contributed by atoms with van der Waals surface area (Å²) in [7, 11) is 0. The summed E-state index contributed by atoms with van der Waals surface area (Å²) in [5, 5.41) is 0. The highest BCUT2D eigenvalue weighted by Crippen LogP contribution is 2.22. The van der Waals surface area contributed by atoms with Crippen molar-refractivity contribution in [3.05, 3.63) is 54.1 Å². The van der Waals surface area contributed by atoms with Crippen LogP contribution in [0.2, 0.25) is 0 Å². The lowest BCUT2D eigenvalue weighted by atomic mass is 10.0. The van der Waals surface area contributed by atoms with Crippen molar-refractivity contribution in [2.45, 2.75) is 6.92 Å². The molecule has 0 aliphatic rings. The zero-order valence-corrected chi connectivity index (χ0v) is 10.0. The van der Waals surface area contributed by atoms with E-state index in [9.17, 15) is 4.79 Å². The summed E-state index contributed by atoms with van der Waals surface area (Å²) in [5.74, 6) is 6.41. The molecule has 2 rings (SSSR count). The van der Waals surface area contributed by atoms with E-state index in [4.69, 9.17) is 4.74 Å². The zero-order valence-electron chi connectivity index (χ0n) is 10.0. The van der Waals surface area contributed by atoms with E-state index in [0.717, 1.165) is 16.7 Å². The number of ether oxygens (including phenoxy) is 1. The van der Waals surface area contributed by atoms with Gasteiger partial charge in [0.05, 0.1) is 0 Å². The summed E-state index contributed by atoms with van der Waals surface area (Å²) in [6.45, 7) is 2.24. The molecular weight excluding hydrogens is 224 g/mol. The van der Waals surface area contributed by atoms with E-state index in [-0.39, 0.29) is 0 Å². The largest absolute Gasteiger partial charge is 0.429 e. The number of hydrogen-bond donors (Lipinski definition) is 0. The molecule has 0 N–H and O–H groups in total. The van der Waals surface area contributed by atoms with Crippen molar-refractivity contribution < 1.29 is 9.53 Å². The summed E-state index contributed by atoms with van der Waals surface area (Å²) >= 11 is 0. The molecular formula is C16H12O2. The van der Waals surface area contributed by atoms with Gasteiger partial charge in [-0.3, -0.25) is 4.79 Å². The quantitative estimate of drug-likeness (QED) is 0.604. The molecule has 2 heteroatoms. The number of hydrogen-bond acceptors (Lipinski definition) is 2. The first-order valence-corrected chi connectivity index (χ1v) is 5.57. The Morgan fingerprint density at radius 3 is 2.00 bits per heavy atom. The first kappa shape index (κ1) is 11.9. The molecule has 2 nitrogen and oxygen atoms in total. The highest BCUT2D eigenvalue weighted by atomic mass is 16.5. The molecule has 0 saturated carbocycles. The molecule has 2 aromatic rings. The normalized spacial score (nSPS) is 9.17. The van der Waals surface area contributed by atoms with Crippen LogP contribution in [-0.2, 0) is 4.79 Å². The van der Waals surface area contributed by atoms with Gasteiger partial charge in [0, 0.05) is 5.56 Å². The van der Waals surface area contributed by atoms with Crippen LogP contribution in [0.25, 0.3) is 11.1 Å². The first-order chi connectivity index (χ1) is 8.83. The Kier molecular flexibility index (Phi) is 3.78. The molecule has 18 heavy (non-hydrogen) atoms. The Morgan fingerprint density at radius 1 is 0.944 bits per heavy atom. The molecule has 0 heterocycles. The lowest BCUT2D eigenvalue weighted by Crippen LogP contribution is -1.87. The molecule has 0 aromatic heterocycles. The second-order valence-corrected chi connectivity index (χ2v) is 3.69. The number of carbonyl (C=O) groups excluding carboxylic acids is 1. The van der Waals surface area contributed by atoms with E-state index < -0.39 is 0 Å². The van der Waals surface area contributed by atoms with Crippen molar-refractivity contribution in [2.24, 2.45) is 0 Å². The van der Waals surface area contributed by atoms with Crippen molar-refractivity contribution in [3.8, 4) is 28.7 Å². The van der Waals surface area contributed by atoms with Gasteiger partial charge >= 0.3 is 0 Å². The third-order valence-corrected chi connectivity index (χ3v) is 2.53. The summed E-state index contributed by atoms with van der Waals surface area (Å²) in [6, 6.07) is 15.4. The highest BCUT2D eigenvalue weighted by Gasteiger charge is 1.98. The van der Waals surface area contributed by atoms with Crippen LogP contribution in [0.5, 0.6) is 5.75 Å². The Bertz CT molecular complexity index is 584. The van der Waals surface area contributed by atoms with Crippen molar-refractivity contribution in [3.63, 3.8) is 0 Å². The fourth-order valence-corrected chi connectivity index (χ4v) is 1.67. The molecule has 0 unspecified atom stereocenters. The summed E-state index contributed by atoms with van der Waals surface area (Å²) in [4.78, 5) is 10.2. The van der Waals surface area contributed by atoms with E-state index in [2.05, 4.69) is 11.8 Å². The Labute approximate surface area is 106 Å². The van der Waals surface area contributed by atoms with E-state index in [1.807, 2.05) is 43.3 Å². The maximum absolute atomic E-state index is 10.2. The van der Waals surface area contributed by atoms with Gasteiger partial charge in [-0.2, -0.15) is 0 Å². The molecule has 0 aliphatic heterocycles. The fourth-order valence-electron chi connectivity index (χ4n) is 1.67. The van der Waals surface area contributed by atoms with E-state index in [1.54, 1.807) is 12.1 Å². The van der Waals surface area contributed by atoms with Crippen LogP contribution in [0.4, 0.5) is 0 Å². The van der Waals surface area contributed by atoms with Crippen molar-refractivity contribution in [2.75, 3.05) is 0 Å². The molecule has 0 atom stereocenters. The predicted octanol–water partition coefficient (Wildman–Crippen LogP) is 3.26. The van der Waals surface area contributed by atoms with Gasteiger partial charge in [0.15, 0.2) is 0 Å². The van der Waals surface area contributed by atoms with Crippen LogP contribution >= 0.6 is 0 Å². The lowest BCUT2D eigenvalue weighted by molar-refractivity contribution is -0.120. The minimum atomic E-state index is 0.424. The first-order valence-electron chi connectivity index (χ1n) is 5.57. The smallest absolute Gasteiger partial charge is 0.298 e. The van der Waals surface area contributed by atoms with E-state index in [1.165, 1.54) is 0 Å². The van der Waals surface area contributed by atoms with Gasteiger partial charge in [-0.25, -0.2) is 0 Å². The second kappa shape index (κ2) is 5.70. The van der Waals surface area contributed by atoms with Crippen molar-refractivity contribution >= 4 is 6.47 Å². The van der Waals surface area contributed by atoms with Crippen LogP contribution in [0.15, 0.2) is 48.5 Å². The molecule has 2 aromatic carbocycles. The molecule has 88 valence electrons. The van der Waals surface area contributed by atoms with Crippen LogP contribution in [-0.4, -0.2) is 6.47 Å². The van der Waals surface area contributed by atoms with Crippen LogP contribution in [0.3, 0.4) is 0 Å². The average molecular weight is 236 g/mol. The summed E-state index contributed by atoms with van der Waals surface area (Å²) in [5.41, 5.74) is 3.18. The Balaban J connectivity index is 2.24. The molecule has 0 amide bonds. The van der Waals surface area contributed by atoms with Gasteiger partial charge < -0.3 is 4.74 Å². The summed E-state index contributed by atoms with van der Waals surface area (Å²) < 4.78 is 4.75. The van der Waals surface area contributed by atoms with Gasteiger partial charge in [0.25, 0.3) is 6.47 Å². The number of rotatable bonds is 3. The van der Waals surface area contributed by atoms with Crippen LogP contribution < -0.4 is 4.74 Å². The zero-order chi connectivity index (χ0) is 12.8. The molecule has 0 radical (unpaired) electrons. The van der Waals surface area contributed by atoms with Crippen molar-refractivity contribution in [1.82, 2.24) is 0 Å². The monoisotopic (exact) mass is 236 g/mol. The van der Waals surface area contributed by atoms with Crippen LogP contribution in [0, 0.1) is 11.8 Å². The second-order valence-electron chi connectivity index (χ2n) is 3.69. The van der Waals surface area contributed by atoms with Gasteiger partial charge in [0.1, 0.15) is 5.75 Å². The van der Waals surface area contributed by atoms with E-state index >= 15 is 0 Å². The molecule has 0 fully saturated rings. The Hall–Kier alpha value is -2.53. The number of carbonyl (C=O) groups is 1. The maximum atomic E-state index is 10.2. The van der Waals surface area contributed by atoms with Crippen LogP contribution in [0.1, 0.15) is 12.5 Å². The molecule has 0 saturated heterocycles. The van der Waals surface area contributed by atoms with Crippen molar-refractivity contribution in [1.29, 1.82) is 0 Å². The average Bonchev–Trinajstić information content (AvgIpc) is 2.41. The van der Waals surface area contributed by atoms with Gasteiger partial charge in [-0.15, -0.1) is 5.92 Å². The fraction of sp³-hybridized carbons (Fsp3) is 0.0625. The third-order valence-electron chi connectivity index (χ3n) is 2.53. The standard InChI is InChI=1S/C16H12O2/c1-2-3-13-4-6-14(7-5-13)15-8-10-16(11-9-15)18-12-17/h4-12H,1H3. The maximum Gasteiger partial charge on any atom is 0.298 e. The minimum Gasteiger partial charge on any atom is -0.429 e. The molecule has 0 spiro atoms.